The highest BCUT2D eigenvalue weighted by Crippen LogP contribution is 2.21. The highest BCUT2D eigenvalue weighted by Gasteiger charge is 2.09. The molecule has 0 saturated carbocycles. The molecule has 1 aromatic carbocycles. The van der Waals surface area contributed by atoms with Gasteiger partial charge in [0.15, 0.2) is 0 Å². The van der Waals surface area contributed by atoms with Crippen LogP contribution in [0.5, 0.6) is 0 Å². The van der Waals surface area contributed by atoms with E-state index >= 15 is 0 Å². The summed E-state index contributed by atoms with van der Waals surface area (Å²) in [5.74, 6) is 0.329. The highest BCUT2D eigenvalue weighted by atomic mass is 79.9. The number of nitro groups is 1. The minimum Gasteiger partial charge on any atom is -0.355 e. The van der Waals surface area contributed by atoms with E-state index in [9.17, 15) is 14.9 Å². The quantitative estimate of drug-likeness (QED) is 0.587. The number of halogens is 1. The Kier molecular flexibility index (Phi) is 6.60. The van der Waals surface area contributed by atoms with Gasteiger partial charge in [-0.15, -0.1) is 0 Å². The van der Waals surface area contributed by atoms with E-state index in [4.69, 9.17) is 0 Å². The van der Waals surface area contributed by atoms with Gasteiger partial charge in [0.2, 0.25) is 5.91 Å². The summed E-state index contributed by atoms with van der Waals surface area (Å²) in [5.41, 5.74) is 0.781. The summed E-state index contributed by atoms with van der Waals surface area (Å²) in [5, 5.41) is 16.5. The summed E-state index contributed by atoms with van der Waals surface area (Å²) in [6, 6.07) is 4.72. The molecule has 0 atom stereocenters. The first kappa shape index (κ1) is 16.6. The molecule has 6 nitrogen and oxygen atoms in total. The van der Waals surface area contributed by atoms with Crippen molar-refractivity contribution in [2.45, 2.75) is 20.4 Å². The highest BCUT2D eigenvalue weighted by molar-refractivity contribution is 9.10. The van der Waals surface area contributed by atoms with Crippen molar-refractivity contribution in [3.63, 3.8) is 0 Å². The Morgan fingerprint density at radius 2 is 2.10 bits per heavy atom. The predicted molar refractivity (Wildman–Crippen MR) is 80.4 cm³/mol. The second-order valence-electron chi connectivity index (χ2n) is 4.88. The van der Waals surface area contributed by atoms with Gasteiger partial charge in [-0.3, -0.25) is 14.9 Å². The third-order valence-corrected chi connectivity index (χ3v) is 2.93. The molecule has 0 fully saturated rings. The fraction of sp³-hybridized carbons (Fsp3) is 0.462. The Balaban J connectivity index is 2.46. The van der Waals surface area contributed by atoms with Crippen molar-refractivity contribution >= 4 is 27.5 Å². The largest absolute Gasteiger partial charge is 0.355 e. The molecule has 0 aliphatic carbocycles. The summed E-state index contributed by atoms with van der Waals surface area (Å²) in [6.45, 7) is 5.27. The Hall–Kier alpha value is -1.47. The van der Waals surface area contributed by atoms with E-state index in [2.05, 4.69) is 26.6 Å². The summed E-state index contributed by atoms with van der Waals surface area (Å²) in [7, 11) is 0. The third-order valence-electron chi connectivity index (χ3n) is 2.48. The molecule has 110 valence electrons. The number of nitrogens with one attached hydrogen (secondary N) is 2. The average molecular weight is 344 g/mol. The van der Waals surface area contributed by atoms with Crippen molar-refractivity contribution in [2.24, 2.45) is 5.92 Å². The lowest BCUT2D eigenvalue weighted by Crippen LogP contribution is -2.35. The van der Waals surface area contributed by atoms with Crippen molar-refractivity contribution in [1.82, 2.24) is 10.6 Å². The molecule has 0 spiro atoms. The van der Waals surface area contributed by atoms with E-state index in [0.29, 0.717) is 23.5 Å². The van der Waals surface area contributed by atoms with Gasteiger partial charge in [0, 0.05) is 29.7 Å². The Labute approximate surface area is 126 Å². The second-order valence-corrected chi connectivity index (χ2v) is 5.79. The van der Waals surface area contributed by atoms with Crippen LogP contribution in [0.15, 0.2) is 22.7 Å². The van der Waals surface area contributed by atoms with E-state index < -0.39 is 4.92 Å². The van der Waals surface area contributed by atoms with Crippen LogP contribution in [0.25, 0.3) is 0 Å². The Bertz CT molecular complexity index is 492. The van der Waals surface area contributed by atoms with Gasteiger partial charge < -0.3 is 10.6 Å². The van der Waals surface area contributed by atoms with Crippen molar-refractivity contribution in [3.8, 4) is 0 Å². The summed E-state index contributed by atoms with van der Waals surface area (Å²) < 4.78 is 0.646. The number of rotatable bonds is 7. The minimum atomic E-state index is -0.441. The number of benzene rings is 1. The number of nitro benzene ring substituents is 1. The molecule has 1 aromatic rings. The van der Waals surface area contributed by atoms with Crippen LogP contribution in [0.4, 0.5) is 5.69 Å². The van der Waals surface area contributed by atoms with Gasteiger partial charge in [0.25, 0.3) is 5.69 Å². The Morgan fingerprint density at radius 3 is 2.70 bits per heavy atom. The SMILES string of the molecule is CC(C)CNC(=O)CNCc1cc(Br)cc([N+](=O)[O-])c1. The van der Waals surface area contributed by atoms with Crippen LogP contribution >= 0.6 is 15.9 Å². The summed E-state index contributed by atoms with van der Waals surface area (Å²) in [6.07, 6.45) is 0. The molecule has 2 N–H and O–H groups in total. The first-order chi connectivity index (χ1) is 9.38. The molecule has 0 heterocycles. The van der Waals surface area contributed by atoms with Gasteiger partial charge in [0.1, 0.15) is 0 Å². The standard InChI is InChI=1S/C13H18BrN3O3/c1-9(2)6-16-13(18)8-15-7-10-3-11(14)5-12(4-10)17(19)20/h3-5,9,15H,6-8H2,1-2H3,(H,16,18). The molecule has 7 heteroatoms. The molecule has 0 aliphatic rings. The van der Waals surface area contributed by atoms with Crippen molar-refractivity contribution in [2.75, 3.05) is 13.1 Å². The second kappa shape index (κ2) is 7.96. The first-order valence-electron chi connectivity index (χ1n) is 6.29. The molecule has 0 bridgehead atoms. The number of amides is 1. The van der Waals surface area contributed by atoms with Gasteiger partial charge in [-0.25, -0.2) is 0 Å². The van der Waals surface area contributed by atoms with E-state index in [-0.39, 0.29) is 18.1 Å². The lowest BCUT2D eigenvalue weighted by molar-refractivity contribution is -0.385. The van der Waals surface area contributed by atoms with Crippen LogP contribution in [-0.2, 0) is 11.3 Å². The summed E-state index contributed by atoms with van der Waals surface area (Å²) in [4.78, 5) is 21.8. The van der Waals surface area contributed by atoms with Crippen LogP contribution in [0.2, 0.25) is 0 Å². The molecule has 0 radical (unpaired) electrons. The lowest BCUT2D eigenvalue weighted by Gasteiger charge is -2.08. The van der Waals surface area contributed by atoms with E-state index in [0.717, 1.165) is 5.56 Å². The average Bonchev–Trinajstić information content (AvgIpc) is 2.35. The molecule has 0 aliphatic heterocycles. The van der Waals surface area contributed by atoms with Crippen LogP contribution in [0.1, 0.15) is 19.4 Å². The molecule has 0 aromatic heterocycles. The zero-order chi connectivity index (χ0) is 15.1. The maximum absolute atomic E-state index is 11.5. The van der Waals surface area contributed by atoms with Crippen LogP contribution in [0, 0.1) is 16.0 Å². The van der Waals surface area contributed by atoms with Gasteiger partial charge in [-0.2, -0.15) is 0 Å². The van der Waals surface area contributed by atoms with E-state index in [1.165, 1.54) is 12.1 Å². The number of hydrogen-bond acceptors (Lipinski definition) is 4. The molecule has 0 unspecified atom stereocenters. The van der Waals surface area contributed by atoms with Crippen LogP contribution < -0.4 is 10.6 Å². The molecular weight excluding hydrogens is 326 g/mol. The van der Waals surface area contributed by atoms with Crippen molar-refractivity contribution in [1.29, 1.82) is 0 Å². The topological polar surface area (TPSA) is 84.3 Å². The van der Waals surface area contributed by atoms with Gasteiger partial charge in [-0.05, 0) is 17.5 Å². The summed E-state index contributed by atoms with van der Waals surface area (Å²) >= 11 is 3.23. The molecule has 1 amide bonds. The van der Waals surface area contributed by atoms with Crippen LogP contribution in [0.3, 0.4) is 0 Å². The normalized spacial score (nSPS) is 10.6. The molecular formula is C13H18BrN3O3. The number of nitrogens with zero attached hydrogens (tertiary/aromatic N) is 1. The number of non-ortho nitro benzene ring substituents is 1. The zero-order valence-electron chi connectivity index (χ0n) is 11.5. The van der Waals surface area contributed by atoms with Gasteiger partial charge in [0.05, 0.1) is 11.5 Å². The fourth-order valence-electron chi connectivity index (χ4n) is 1.54. The number of carbonyl (C=O) groups is 1. The lowest BCUT2D eigenvalue weighted by atomic mass is 10.2. The van der Waals surface area contributed by atoms with Crippen molar-refractivity contribution in [3.05, 3.63) is 38.3 Å². The fourth-order valence-corrected chi connectivity index (χ4v) is 2.07. The number of carbonyl (C=O) groups excluding carboxylic acids is 1. The maximum Gasteiger partial charge on any atom is 0.270 e. The Morgan fingerprint density at radius 1 is 1.40 bits per heavy atom. The number of hydrogen-bond donors (Lipinski definition) is 2. The molecule has 1 rings (SSSR count). The first-order valence-corrected chi connectivity index (χ1v) is 7.09. The van der Waals surface area contributed by atoms with E-state index in [1.54, 1.807) is 6.07 Å². The smallest absolute Gasteiger partial charge is 0.270 e. The predicted octanol–water partition coefficient (Wildman–Crippen LogP) is 2.22. The van der Waals surface area contributed by atoms with Gasteiger partial charge in [-0.1, -0.05) is 29.8 Å². The maximum atomic E-state index is 11.5. The monoisotopic (exact) mass is 343 g/mol. The molecule has 20 heavy (non-hydrogen) atoms. The third kappa shape index (κ3) is 6.12. The van der Waals surface area contributed by atoms with E-state index in [1.807, 2.05) is 13.8 Å². The van der Waals surface area contributed by atoms with Crippen molar-refractivity contribution < 1.29 is 9.72 Å². The zero-order valence-corrected chi connectivity index (χ0v) is 13.1. The van der Waals surface area contributed by atoms with Gasteiger partial charge >= 0.3 is 0 Å². The van der Waals surface area contributed by atoms with Crippen LogP contribution in [-0.4, -0.2) is 23.9 Å². The molecule has 0 saturated heterocycles. The minimum absolute atomic E-state index is 0.0282.